The number of aromatic nitrogens is 2. The molecule has 9 heteroatoms. The van der Waals surface area contributed by atoms with Crippen LogP contribution in [0.3, 0.4) is 0 Å². The van der Waals surface area contributed by atoms with Gasteiger partial charge in [0.1, 0.15) is 6.20 Å². The van der Waals surface area contributed by atoms with E-state index in [1.54, 1.807) is 0 Å². The first-order valence-electron chi connectivity index (χ1n) is 6.68. The quantitative estimate of drug-likeness (QED) is 0.466. The molecule has 0 amide bonds. The Morgan fingerprint density at radius 3 is 2.81 bits per heavy atom. The lowest BCUT2D eigenvalue weighted by Crippen LogP contribution is -2.31. The Kier molecular flexibility index (Phi) is 7.17. The maximum atomic E-state index is 11.0. The molecule has 0 saturated heterocycles. The van der Waals surface area contributed by atoms with Crippen molar-refractivity contribution in [1.82, 2.24) is 9.97 Å². The van der Waals surface area contributed by atoms with Crippen molar-refractivity contribution >= 4 is 29.2 Å². The third kappa shape index (κ3) is 5.01. The first-order chi connectivity index (χ1) is 10.0. The van der Waals surface area contributed by atoms with Gasteiger partial charge in [-0.25, -0.2) is 4.98 Å². The minimum absolute atomic E-state index is 0.0187. The summed E-state index contributed by atoms with van der Waals surface area (Å²) in [7, 11) is 0. The van der Waals surface area contributed by atoms with Gasteiger partial charge >= 0.3 is 5.69 Å². The second-order valence-corrected chi connectivity index (χ2v) is 5.58. The Labute approximate surface area is 127 Å². The maximum absolute atomic E-state index is 11.0. The van der Waals surface area contributed by atoms with E-state index in [4.69, 9.17) is 0 Å². The molecular formula is C12H21N5O3S. The summed E-state index contributed by atoms with van der Waals surface area (Å²) < 4.78 is 0. The highest BCUT2D eigenvalue weighted by Gasteiger charge is 2.22. The van der Waals surface area contributed by atoms with Crippen LogP contribution in [0.1, 0.15) is 20.3 Å². The van der Waals surface area contributed by atoms with E-state index in [0.29, 0.717) is 12.5 Å². The second-order valence-electron chi connectivity index (χ2n) is 4.50. The molecule has 8 nitrogen and oxygen atoms in total. The van der Waals surface area contributed by atoms with E-state index in [0.717, 1.165) is 6.42 Å². The maximum Gasteiger partial charge on any atom is 0.329 e. The number of hydrogen-bond acceptors (Lipinski definition) is 8. The number of nitrogens with one attached hydrogen (secondary N) is 2. The van der Waals surface area contributed by atoms with Crippen molar-refractivity contribution in [1.29, 1.82) is 0 Å². The van der Waals surface area contributed by atoms with Gasteiger partial charge in [0.05, 0.1) is 11.5 Å². The predicted molar refractivity (Wildman–Crippen MR) is 84.9 cm³/mol. The van der Waals surface area contributed by atoms with E-state index in [1.165, 1.54) is 18.0 Å². The molecule has 1 aromatic rings. The van der Waals surface area contributed by atoms with Gasteiger partial charge in [-0.1, -0.05) is 6.92 Å². The predicted octanol–water partition coefficient (Wildman–Crippen LogP) is 1.73. The Bertz CT molecular complexity index is 470. The molecule has 1 rings (SSSR count). The van der Waals surface area contributed by atoms with E-state index >= 15 is 0 Å². The van der Waals surface area contributed by atoms with Crippen LogP contribution in [0, 0.1) is 10.1 Å². The van der Waals surface area contributed by atoms with Crippen LogP contribution in [0.2, 0.25) is 0 Å². The number of aliphatic hydroxyl groups excluding tert-OH is 1. The van der Waals surface area contributed by atoms with Crippen molar-refractivity contribution in [3.63, 3.8) is 0 Å². The Morgan fingerprint density at radius 2 is 2.29 bits per heavy atom. The number of nitro groups is 1. The van der Waals surface area contributed by atoms with Crippen molar-refractivity contribution in [3.05, 3.63) is 16.3 Å². The first-order valence-corrected chi connectivity index (χ1v) is 7.97. The number of anilines is 2. The van der Waals surface area contributed by atoms with Crippen LogP contribution in [-0.2, 0) is 0 Å². The van der Waals surface area contributed by atoms with E-state index in [9.17, 15) is 15.2 Å². The van der Waals surface area contributed by atoms with Crippen LogP contribution < -0.4 is 10.6 Å². The van der Waals surface area contributed by atoms with Gasteiger partial charge in [0.2, 0.25) is 11.8 Å². The van der Waals surface area contributed by atoms with Crippen LogP contribution in [0.25, 0.3) is 0 Å². The Hall–Kier alpha value is -1.61. The fourth-order valence-electron chi connectivity index (χ4n) is 1.68. The van der Waals surface area contributed by atoms with Gasteiger partial charge in [0.15, 0.2) is 0 Å². The zero-order valence-corrected chi connectivity index (χ0v) is 13.2. The van der Waals surface area contributed by atoms with Crippen molar-refractivity contribution in [2.75, 3.05) is 30.0 Å². The van der Waals surface area contributed by atoms with Gasteiger partial charge in [-0.15, -0.1) is 0 Å². The summed E-state index contributed by atoms with van der Waals surface area (Å²) in [5.41, 5.74) is -0.179. The fourth-order valence-corrected chi connectivity index (χ4v) is 2.31. The smallest absolute Gasteiger partial charge is 0.329 e. The lowest BCUT2D eigenvalue weighted by atomic mass is 10.2. The van der Waals surface area contributed by atoms with Crippen molar-refractivity contribution in [2.24, 2.45) is 0 Å². The van der Waals surface area contributed by atoms with Gasteiger partial charge in [0.25, 0.3) is 0 Å². The molecule has 2 unspecified atom stereocenters. The highest BCUT2D eigenvalue weighted by Crippen LogP contribution is 2.24. The molecule has 0 aromatic carbocycles. The number of thioether (sulfide) groups is 1. The van der Waals surface area contributed by atoms with Crippen LogP contribution in [0.5, 0.6) is 0 Å². The second kappa shape index (κ2) is 8.63. The van der Waals surface area contributed by atoms with Crippen molar-refractivity contribution < 1.29 is 10.0 Å². The average molecular weight is 315 g/mol. The van der Waals surface area contributed by atoms with Gasteiger partial charge in [-0.2, -0.15) is 16.7 Å². The van der Waals surface area contributed by atoms with E-state index in [2.05, 4.69) is 20.6 Å². The summed E-state index contributed by atoms with van der Waals surface area (Å²) in [6, 6.07) is -0.169. The van der Waals surface area contributed by atoms with Gasteiger partial charge in [-0.05, 0) is 19.6 Å². The summed E-state index contributed by atoms with van der Waals surface area (Å²) in [6.07, 6.45) is 3.97. The van der Waals surface area contributed by atoms with Crippen LogP contribution in [0.15, 0.2) is 6.20 Å². The molecule has 0 fully saturated rings. The van der Waals surface area contributed by atoms with Crippen LogP contribution in [-0.4, -0.2) is 50.7 Å². The lowest BCUT2D eigenvalue weighted by molar-refractivity contribution is -0.384. The summed E-state index contributed by atoms with van der Waals surface area (Å²) in [5.74, 6) is 0.510. The molecule has 0 saturated carbocycles. The van der Waals surface area contributed by atoms with Crippen LogP contribution in [0.4, 0.5) is 17.5 Å². The first kappa shape index (κ1) is 17.4. The standard InChI is InChI=1S/C12H21N5O3S/c1-4-5-13-12-14-6-9(17(19)20)11(16-12)15-8(2)10(7-18)21-3/h6,8,10,18H,4-5,7H2,1-3H3,(H2,13,14,15,16). The molecule has 0 radical (unpaired) electrons. The normalized spacial score (nSPS) is 13.5. The zero-order chi connectivity index (χ0) is 15.8. The molecule has 0 aliphatic heterocycles. The molecule has 21 heavy (non-hydrogen) atoms. The molecule has 118 valence electrons. The summed E-state index contributed by atoms with van der Waals surface area (Å²) in [5, 5.41) is 26.2. The monoisotopic (exact) mass is 315 g/mol. The number of rotatable bonds is 9. The van der Waals surface area contributed by atoms with E-state index in [1.807, 2.05) is 20.1 Å². The third-order valence-corrected chi connectivity index (χ3v) is 4.07. The minimum Gasteiger partial charge on any atom is -0.395 e. The van der Waals surface area contributed by atoms with Gasteiger partial charge in [0, 0.05) is 17.8 Å². The zero-order valence-electron chi connectivity index (χ0n) is 12.4. The molecular weight excluding hydrogens is 294 g/mol. The largest absolute Gasteiger partial charge is 0.395 e. The van der Waals surface area contributed by atoms with Crippen molar-refractivity contribution in [2.45, 2.75) is 31.6 Å². The Balaban J connectivity index is 2.97. The summed E-state index contributed by atoms with van der Waals surface area (Å²) in [6.45, 7) is 4.53. The van der Waals surface area contributed by atoms with Gasteiger partial charge < -0.3 is 15.7 Å². The van der Waals surface area contributed by atoms with Crippen molar-refractivity contribution in [3.8, 4) is 0 Å². The molecule has 0 spiro atoms. The minimum atomic E-state index is -0.522. The van der Waals surface area contributed by atoms with E-state index < -0.39 is 4.92 Å². The topological polar surface area (TPSA) is 113 Å². The molecule has 3 N–H and O–H groups in total. The van der Waals surface area contributed by atoms with E-state index in [-0.39, 0.29) is 29.4 Å². The highest BCUT2D eigenvalue weighted by atomic mass is 32.2. The molecule has 0 aliphatic rings. The molecule has 1 aromatic heterocycles. The number of hydrogen-bond donors (Lipinski definition) is 3. The Morgan fingerprint density at radius 1 is 1.57 bits per heavy atom. The average Bonchev–Trinajstić information content (AvgIpc) is 2.46. The number of nitrogens with zero attached hydrogens (tertiary/aromatic N) is 3. The molecule has 2 atom stereocenters. The van der Waals surface area contributed by atoms with Gasteiger partial charge in [-0.3, -0.25) is 10.1 Å². The summed E-state index contributed by atoms with van der Waals surface area (Å²) in [4.78, 5) is 18.6. The van der Waals surface area contributed by atoms with Crippen LogP contribution >= 0.6 is 11.8 Å². The lowest BCUT2D eigenvalue weighted by Gasteiger charge is -2.21. The molecule has 0 aliphatic carbocycles. The third-order valence-electron chi connectivity index (χ3n) is 2.90. The summed E-state index contributed by atoms with van der Waals surface area (Å²) >= 11 is 1.49. The molecule has 1 heterocycles. The fraction of sp³-hybridized carbons (Fsp3) is 0.667. The number of aliphatic hydroxyl groups is 1. The SMILES string of the molecule is CCCNc1ncc([N+](=O)[O-])c(NC(C)C(CO)SC)n1. The highest BCUT2D eigenvalue weighted by molar-refractivity contribution is 7.99. The molecule has 0 bridgehead atoms.